The van der Waals surface area contributed by atoms with Gasteiger partial charge in [-0.25, -0.2) is 0 Å². The normalized spacial score (nSPS) is 12.2. The average molecular weight is 692 g/mol. The van der Waals surface area contributed by atoms with Gasteiger partial charge in [-0.05, 0) is 129 Å². The van der Waals surface area contributed by atoms with E-state index in [4.69, 9.17) is 14.2 Å². The zero-order chi connectivity index (χ0) is 35.7. The number of unbranched alkanes of at least 4 members (excludes halogenated alkanes) is 15. The Morgan fingerprint density at radius 2 is 0.980 bits per heavy atom. The highest BCUT2D eigenvalue weighted by atomic mass is 16.7. The molecule has 0 aromatic carbocycles. The van der Waals surface area contributed by atoms with Crippen LogP contribution >= 0.6 is 0 Å². The molecule has 0 spiro atoms. The number of nitrogens with zero attached hydrogens (tertiary/aromatic N) is 1. The molecule has 1 N–H and O–H groups in total. The van der Waals surface area contributed by atoms with Crippen LogP contribution in [0.3, 0.4) is 0 Å². The van der Waals surface area contributed by atoms with E-state index in [0.29, 0.717) is 13.0 Å². The van der Waals surface area contributed by atoms with E-state index in [9.17, 15) is 9.90 Å². The van der Waals surface area contributed by atoms with Gasteiger partial charge in [0.2, 0.25) is 0 Å². The number of hydrogen-bond acceptors (Lipinski definition) is 6. The van der Waals surface area contributed by atoms with Crippen LogP contribution in [-0.4, -0.2) is 68.3 Å². The Balaban J connectivity index is 3.98. The van der Waals surface area contributed by atoms with Gasteiger partial charge in [0, 0.05) is 26.2 Å². The summed E-state index contributed by atoms with van der Waals surface area (Å²) in [5.41, 5.74) is 0. The summed E-state index contributed by atoms with van der Waals surface area (Å²) in [4.78, 5) is 14.4. The van der Waals surface area contributed by atoms with Crippen LogP contribution in [0.25, 0.3) is 0 Å². The van der Waals surface area contributed by atoms with Crippen molar-refractivity contribution >= 4 is 5.97 Å². The minimum absolute atomic E-state index is 0.0374. The van der Waals surface area contributed by atoms with Crippen molar-refractivity contribution in [3.8, 4) is 0 Å². The number of carbonyl (C=O) groups excluding carboxylic acids is 1. The van der Waals surface area contributed by atoms with E-state index >= 15 is 0 Å². The average Bonchev–Trinajstić information content (AvgIpc) is 3.10. The Hall–Kier alpha value is -1.47. The zero-order valence-corrected chi connectivity index (χ0v) is 32.7. The summed E-state index contributed by atoms with van der Waals surface area (Å²) in [6.45, 7) is 11.8. The van der Waals surface area contributed by atoms with Gasteiger partial charge in [-0.3, -0.25) is 4.79 Å². The molecule has 0 radical (unpaired) electrons. The molecular formula is C43H81NO5. The van der Waals surface area contributed by atoms with Gasteiger partial charge < -0.3 is 24.2 Å². The van der Waals surface area contributed by atoms with E-state index in [0.717, 1.165) is 136 Å². The molecule has 0 heterocycles. The largest absolute Gasteiger partial charge is 0.466 e. The highest BCUT2D eigenvalue weighted by Gasteiger charge is 2.10. The first kappa shape index (κ1) is 47.5. The molecule has 0 amide bonds. The van der Waals surface area contributed by atoms with E-state index in [1.54, 1.807) is 0 Å². The third-order valence-corrected chi connectivity index (χ3v) is 8.81. The molecule has 0 aliphatic heterocycles. The lowest BCUT2D eigenvalue weighted by atomic mass is 10.1. The molecule has 0 atom stereocenters. The second-order valence-corrected chi connectivity index (χ2v) is 13.5. The molecule has 0 saturated carbocycles. The lowest BCUT2D eigenvalue weighted by molar-refractivity contribution is -0.148. The Morgan fingerprint density at radius 1 is 0.531 bits per heavy atom. The molecule has 0 aliphatic carbocycles. The third kappa shape index (κ3) is 37.6. The Bertz CT molecular complexity index is 729. The van der Waals surface area contributed by atoms with Gasteiger partial charge in [-0.2, -0.15) is 0 Å². The molecule has 288 valence electrons. The van der Waals surface area contributed by atoms with Gasteiger partial charge in [0.05, 0.1) is 13.2 Å². The number of carbonyl (C=O) groups is 1. The predicted molar refractivity (Wildman–Crippen MR) is 210 cm³/mol. The summed E-state index contributed by atoms with van der Waals surface area (Å²) >= 11 is 0. The highest BCUT2D eigenvalue weighted by Crippen LogP contribution is 2.14. The summed E-state index contributed by atoms with van der Waals surface area (Å²) < 4.78 is 17.8. The van der Waals surface area contributed by atoms with Gasteiger partial charge in [0.25, 0.3) is 0 Å². The highest BCUT2D eigenvalue weighted by molar-refractivity contribution is 5.69. The number of aliphatic hydroxyl groups excluding tert-OH is 1. The Labute approximate surface area is 304 Å². The van der Waals surface area contributed by atoms with Gasteiger partial charge in [-0.1, -0.05) is 95.8 Å². The van der Waals surface area contributed by atoms with Crippen LogP contribution in [-0.2, 0) is 19.0 Å². The fourth-order valence-corrected chi connectivity index (χ4v) is 5.81. The topological polar surface area (TPSA) is 68.2 Å². The minimum Gasteiger partial charge on any atom is -0.466 e. The van der Waals surface area contributed by atoms with E-state index in [2.05, 4.69) is 62.1 Å². The smallest absolute Gasteiger partial charge is 0.305 e. The third-order valence-electron chi connectivity index (χ3n) is 8.81. The molecule has 0 saturated heterocycles. The zero-order valence-electron chi connectivity index (χ0n) is 32.7. The van der Waals surface area contributed by atoms with Crippen LogP contribution in [0.4, 0.5) is 0 Å². The first-order valence-corrected chi connectivity index (χ1v) is 20.8. The van der Waals surface area contributed by atoms with Crippen LogP contribution in [0, 0.1) is 0 Å². The van der Waals surface area contributed by atoms with Crippen molar-refractivity contribution in [3.63, 3.8) is 0 Å². The SMILES string of the molecule is CC/C=C\CCCCCOC(=O)CCCCCCCN(CCO)CCCCCCCC(OCCCC/C=C\CC)OCCCC/C=C\CC. The number of aliphatic hydroxyl groups is 1. The standard InChI is InChI=1S/C43H81NO5/c1-4-7-10-13-16-25-30-39-47-42(46)33-26-19-17-21-28-35-44(37-38-45)36-29-22-18-20-27-34-43(48-40-31-23-14-11-8-5-2)49-41-32-24-15-12-9-6-3/h7-12,43,45H,4-6,13-41H2,1-3H3/b10-7-,11-8-,12-9-. The van der Waals surface area contributed by atoms with Crippen molar-refractivity contribution < 1.29 is 24.1 Å². The quantitative estimate of drug-likeness (QED) is 0.0299. The number of ether oxygens (including phenoxy) is 3. The molecular weight excluding hydrogens is 610 g/mol. The first-order valence-electron chi connectivity index (χ1n) is 20.8. The maximum absolute atomic E-state index is 12.0. The monoisotopic (exact) mass is 692 g/mol. The fourth-order valence-electron chi connectivity index (χ4n) is 5.81. The maximum atomic E-state index is 12.0. The van der Waals surface area contributed by atoms with Crippen molar-refractivity contribution in [2.24, 2.45) is 0 Å². The number of hydrogen-bond donors (Lipinski definition) is 1. The lowest BCUT2D eigenvalue weighted by Crippen LogP contribution is -2.29. The van der Waals surface area contributed by atoms with Crippen molar-refractivity contribution in [1.82, 2.24) is 4.90 Å². The number of allylic oxidation sites excluding steroid dienone is 6. The molecule has 0 unspecified atom stereocenters. The summed E-state index contributed by atoms with van der Waals surface area (Å²) in [6.07, 6.45) is 41.1. The molecule has 0 aromatic heterocycles. The summed E-state index contributed by atoms with van der Waals surface area (Å²) in [7, 11) is 0. The summed E-state index contributed by atoms with van der Waals surface area (Å²) in [5, 5.41) is 9.56. The van der Waals surface area contributed by atoms with Gasteiger partial charge >= 0.3 is 5.97 Å². The lowest BCUT2D eigenvalue weighted by Gasteiger charge is -2.21. The molecule has 49 heavy (non-hydrogen) atoms. The fraction of sp³-hybridized carbons (Fsp3) is 0.837. The van der Waals surface area contributed by atoms with E-state index < -0.39 is 0 Å². The molecule has 6 heteroatoms. The van der Waals surface area contributed by atoms with Crippen molar-refractivity contribution in [2.45, 2.75) is 188 Å². The van der Waals surface area contributed by atoms with Gasteiger partial charge in [0.1, 0.15) is 0 Å². The molecule has 0 aromatic rings. The molecule has 0 rings (SSSR count). The first-order chi connectivity index (χ1) is 24.2. The van der Waals surface area contributed by atoms with Crippen molar-refractivity contribution in [3.05, 3.63) is 36.5 Å². The number of rotatable bonds is 39. The van der Waals surface area contributed by atoms with Gasteiger partial charge in [0.15, 0.2) is 6.29 Å². The van der Waals surface area contributed by atoms with Crippen LogP contribution in [0.15, 0.2) is 36.5 Å². The Kier molecular flexibility index (Phi) is 39.7. The predicted octanol–water partition coefficient (Wildman–Crippen LogP) is 11.7. The van der Waals surface area contributed by atoms with E-state index in [1.165, 1.54) is 51.4 Å². The van der Waals surface area contributed by atoms with Crippen LogP contribution in [0.1, 0.15) is 181 Å². The van der Waals surface area contributed by atoms with Crippen molar-refractivity contribution in [1.29, 1.82) is 0 Å². The Morgan fingerprint density at radius 3 is 1.51 bits per heavy atom. The summed E-state index contributed by atoms with van der Waals surface area (Å²) in [6, 6.07) is 0. The molecule has 0 aliphatic rings. The van der Waals surface area contributed by atoms with Crippen LogP contribution in [0.5, 0.6) is 0 Å². The minimum atomic E-state index is -0.0656. The maximum Gasteiger partial charge on any atom is 0.305 e. The summed E-state index contributed by atoms with van der Waals surface area (Å²) in [5.74, 6) is -0.0374. The van der Waals surface area contributed by atoms with Crippen LogP contribution in [0.2, 0.25) is 0 Å². The molecule has 0 bridgehead atoms. The van der Waals surface area contributed by atoms with Crippen LogP contribution < -0.4 is 0 Å². The second kappa shape index (κ2) is 41.0. The van der Waals surface area contributed by atoms with Crippen molar-refractivity contribution in [2.75, 3.05) is 46.1 Å². The molecule has 0 fully saturated rings. The second-order valence-electron chi connectivity index (χ2n) is 13.5. The molecule has 6 nitrogen and oxygen atoms in total. The van der Waals surface area contributed by atoms with E-state index in [-0.39, 0.29) is 18.9 Å². The van der Waals surface area contributed by atoms with E-state index in [1.807, 2.05) is 0 Å². The number of esters is 1. The van der Waals surface area contributed by atoms with Gasteiger partial charge in [-0.15, -0.1) is 0 Å².